The third-order valence-corrected chi connectivity index (χ3v) is 3.59. The molecule has 0 aliphatic rings. The molecule has 0 saturated carbocycles. The van der Waals surface area contributed by atoms with Crippen LogP contribution in [0.15, 0.2) is 53.0 Å². The van der Waals surface area contributed by atoms with Crippen molar-refractivity contribution in [1.82, 2.24) is 5.32 Å². The van der Waals surface area contributed by atoms with Gasteiger partial charge in [-0.05, 0) is 35.9 Å². The van der Waals surface area contributed by atoms with Gasteiger partial charge in [0.1, 0.15) is 0 Å². The minimum atomic E-state index is -0.0719. The van der Waals surface area contributed by atoms with Crippen molar-refractivity contribution in [2.24, 2.45) is 0 Å². The zero-order chi connectivity index (χ0) is 13.7. The van der Waals surface area contributed by atoms with Crippen LogP contribution in [0.5, 0.6) is 0 Å². The number of anilines is 1. The summed E-state index contributed by atoms with van der Waals surface area (Å²) >= 11 is 3.52. The van der Waals surface area contributed by atoms with Crippen LogP contribution in [0.3, 0.4) is 0 Å². The highest BCUT2D eigenvalue weighted by Crippen LogP contribution is 2.18. The molecule has 2 N–H and O–H groups in total. The van der Waals surface area contributed by atoms with E-state index in [0.29, 0.717) is 5.56 Å². The first-order valence-corrected chi connectivity index (χ1v) is 6.79. The molecule has 1 amide bonds. The number of carbonyl (C=O) groups excluding carboxylic acids is 1. The SMILES string of the molecule is CNC(=O)c1ccc(NCc2ccccc2Br)cc1. The van der Waals surface area contributed by atoms with Crippen LogP contribution < -0.4 is 10.6 Å². The van der Waals surface area contributed by atoms with Gasteiger partial charge in [0.05, 0.1) is 0 Å². The molecule has 0 atom stereocenters. The molecule has 4 heteroatoms. The number of amides is 1. The van der Waals surface area contributed by atoms with E-state index in [4.69, 9.17) is 0 Å². The number of carbonyl (C=O) groups is 1. The number of nitrogens with one attached hydrogen (secondary N) is 2. The van der Waals surface area contributed by atoms with Gasteiger partial charge in [0, 0.05) is 29.3 Å². The first-order valence-electron chi connectivity index (χ1n) is 6.00. The van der Waals surface area contributed by atoms with Gasteiger partial charge in [-0.2, -0.15) is 0 Å². The molecular formula is C15H15BrN2O. The van der Waals surface area contributed by atoms with Gasteiger partial charge in [0.2, 0.25) is 0 Å². The zero-order valence-corrected chi connectivity index (χ0v) is 12.2. The molecule has 19 heavy (non-hydrogen) atoms. The van der Waals surface area contributed by atoms with Crippen LogP contribution >= 0.6 is 15.9 Å². The molecule has 0 saturated heterocycles. The van der Waals surface area contributed by atoms with Crippen molar-refractivity contribution in [2.45, 2.75) is 6.54 Å². The molecule has 0 unspecified atom stereocenters. The van der Waals surface area contributed by atoms with Crippen molar-refractivity contribution >= 4 is 27.5 Å². The lowest BCUT2D eigenvalue weighted by Crippen LogP contribution is -2.17. The van der Waals surface area contributed by atoms with Crippen molar-refractivity contribution in [3.8, 4) is 0 Å². The highest BCUT2D eigenvalue weighted by atomic mass is 79.9. The lowest BCUT2D eigenvalue weighted by atomic mass is 10.2. The number of hydrogen-bond acceptors (Lipinski definition) is 2. The topological polar surface area (TPSA) is 41.1 Å². The molecule has 0 radical (unpaired) electrons. The minimum Gasteiger partial charge on any atom is -0.381 e. The summed E-state index contributed by atoms with van der Waals surface area (Å²) in [6.45, 7) is 0.737. The normalized spacial score (nSPS) is 10.0. The summed E-state index contributed by atoms with van der Waals surface area (Å²) in [7, 11) is 1.63. The maximum absolute atomic E-state index is 11.4. The van der Waals surface area contributed by atoms with Gasteiger partial charge in [-0.15, -0.1) is 0 Å². The van der Waals surface area contributed by atoms with Crippen molar-refractivity contribution in [3.63, 3.8) is 0 Å². The highest BCUT2D eigenvalue weighted by molar-refractivity contribution is 9.10. The highest BCUT2D eigenvalue weighted by Gasteiger charge is 2.02. The fraction of sp³-hybridized carbons (Fsp3) is 0.133. The van der Waals surface area contributed by atoms with E-state index in [9.17, 15) is 4.79 Å². The minimum absolute atomic E-state index is 0.0719. The fourth-order valence-corrected chi connectivity index (χ4v) is 2.15. The number of benzene rings is 2. The van der Waals surface area contributed by atoms with Crippen LogP contribution in [0, 0.1) is 0 Å². The van der Waals surface area contributed by atoms with Crippen LogP contribution in [0.25, 0.3) is 0 Å². The molecular weight excluding hydrogens is 304 g/mol. The van der Waals surface area contributed by atoms with Crippen molar-refractivity contribution in [3.05, 3.63) is 64.1 Å². The van der Waals surface area contributed by atoms with Gasteiger partial charge < -0.3 is 10.6 Å². The van der Waals surface area contributed by atoms with Crippen molar-refractivity contribution < 1.29 is 4.79 Å². The smallest absolute Gasteiger partial charge is 0.251 e. The van der Waals surface area contributed by atoms with Crippen LogP contribution in [0.4, 0.5) is 5.69 Å². The number of halogens is 1. The fourth-order valence-electron chi connectivity index (χ4n) is 1.72. The van der Waals surface area contributed by atoms with Crippen LogP contribution in [0.2, 0.25) is 0 Å². The molecule has 0 aliphatic heterocycles. The molecule has 0 spiro atoms. The quantitative estimate of drug-likeness (QED) is 0.907. The summed E-state index contributed by atoms with van der Waals surface area (Å²) in [5.41, 5.74) is 2.84. The Kier molecular flexibility index (Phi) is 4.58. The Bertz CT molecular complexity index is 567. The standard InChI is InChI=1S/C15H15BrN2O/c1-17-15(19)11-6-8-13(9-7-11)18-10-12-4-2-3-5-14(12)16/h2-9,18H,10H2,1H3,(H,17,19). The monoisotopic (exact) mass is 318 g/mol. The maximum Gasteiger partial charge on any atom is 0.251 e. The number of rotatable bonds is 4. The Hall–Kier alpha value is -1.81. The summed E-state index contributed by atoms with van der Waals surface area (Å²) in [4.78, 5) is 11.4. The second-order valence-electron chi connectivity index (χ2n) is 4.10. The Balaban J connectivity index is 2.01. The van der Waals surface area contributed by atoms with Crippen LogP contribution in [-0.2, 0) is 6.54 Å². The van der Waals surface area contributed by atoms with Gasteiger partial charge >= 0.3 is 0 Å². The average Bonchev–Trinajstić information content (AvgIpc) is 2.46. The first kappa shape index (κ1) is 13.6. The number of hydrogen-bond donors (Lipinski definition) is 2. The summed E-state index contributed by atoms with van der Waals surface area (Å²) < 4.78 is 1.09. The maximum atomic E-state index is 11.4. The zero-order valence-electron chi connectivity index (χ0n) is 10.6. The summed E-state index contributed by atoms with van der Waals surface area (Å²) in [6.07, 6.45) is 0. The molecule has 0 fully saturated rings. The van der Waals surface area contributed by atoms with Gasteiger partial charge in [-0.3, -0.25) is 4.79 Å². The van der Waals surface area contributed by atoms with Gasteiger partial charge in [-0.1, -0.05) is 34.1 Å². The van der Waals surface area contributed by atoms with E-state index in [1.54, 1.807) is 19.2 Å². The second kappa shape index (κ2) is 6.38. The summed E-state index contributed by atoms with van der Waals surface area (Å²) in [5.74, 6) is -0.0719. The Morgan fingerprint density at radius 1 is 1.11 bits per heavy atom. The van der Waals surface area contributed by atoms with E-state index in [-0.39, 0.29) is 5.91 Å². The first-order chi connectivity index (χ1) is 9.20. The third kappa shape index (κ3) is 3.58. The Morgan fingerprint density at radius 2 is 1.79 bits per heavy atom. The predicted octanol–water partition coefficient (Wildman–Crippen LogP) is 3.42. The van der Waals surface area contributed by atoms with E-state index < -0.39 is 0 Å². The largest absolute Gasteiger partial charge is 0.381 e. The summed E-state index contributed by atoms with van der Waals surface area (Å²) in [6, 6.07) is 15.5. The van der Waals surface area contributed by atoms with Crippen molar-refractivity contribution in [2.75, 3.05) is 12.4 Å². The van der Waals surface area contributed by atoms with Gasteiger partial charge in [0.15, 0.2) is 0 Å². The van der Waals surface area contributed by atoms with E-state index in [1.807, 2.05) is 30.3 Å². The van der Waals surface area contributed by atoms with Crippen molar-refractivity contribution in [1.29, 1.82) is 0 Å². The molecule has 2 aromatic carbocycles. The van der Waals surface area contributed by atoms with E-state index >= 15 is 0 Å². The molecule has 0 heterocycles. The predicted molar refractivity (Wildman–Crippen MR) is 81.3 cm³/mol. The van der Waals surface area contributed by atoms with E-state index in [2.05, 4.69) is 32.6 Å². The Labute approximate surface area is 121 Å². The molecule has 0 aromatic heterocycles. The van der Waals surface area contributed by atoms with Crippen LogP contribution in [0.1, 0.15) is 15.9 Å². The average molecular weight is 319 g/mol. The lowest BCUT2D eigenvalue weighted by Gasteiger charge is -2.08. The van der Waals surface area contributed by atoms with E-state index in [0.717, 1.165) is 16.7 Å². The molecule has 3 nitrogen and oxygen atoms in total. The molecule has 2 rings (SSSR count). The van der Waals surface area contributed by atoms with Gasteiger partial charge in [0.25, 0.3) is 5.91 Å². The van der Waals surface area contributed by atoms with Gasteiger partial charge in [-0.25, -0.2) is 0 Å². The summed E-state index contributed by atoms with van der Waals surface area (Å²) in [5, 5.41) is 5.92. The van der Waals surface area contributed by atoms with E-state index in [1.165, 1.54) is 5.56 Å². The second-order valence-corrected chi connectivity index (χ2v) is 4.96. The molecule has 98 valence electrons. The molecule has 0 aliphatic carbocycles. The molecule has 0 bridgehead atoms. The third-order valence-electron chi connectivity index (χ3n) is 2.81. The van der Waals surface area contributed by atoms with Crippen LogP contribution in [-0.4, -0.2) is 13.0 Å². The molecule has 2 aromatic rings. The Morgan fingerprint density at radius 3 is 2.42 bits per heavy atom. The lowest BCUT2D eigenvalue weighted by molar-refractivity contribution is 0.0963.